The normalized spacial score (nSPS) is 13.9. The summed E-state index contributed by atoms with van der Waals surface area (Å²) in [7, 11) is 0. The van der Waals surface area contributed by atoms with Crippen molar-refractivity contribution in [3.8, 4) is 11.3 Å². The van der Waals surface area contributed by atoms with Crippen LogP contribution in [0, 0.1) is 0 Å². The monoisotopic (exact) mass is 619 g/mol. The molecular formula is C43H29N3S. The SMILES string of the molecule is CC1(C)c2ccccc2N(c2ccc3ccc4ccc(-c5ccccc5)nc4c3n2)c2c1c1ccccc1c1c2sc2ccccc21. The number of para-hydroxylation sites is 1. The van der Waals surface area contributed by atoms with Crippen LogP contribution in [0.25, 0.3) is 64.0 Å². The minimum atomic E-state index is -0.234. The maximum Gasteiger partial charge on any atom is 0.138 e. The summed E-state index contributed by atoms with van der Waals surface area (Å²) in [6.07, 6.45) is 0. The molecule has 0 spiro atoms. The highest BCUT2D eigenvalue weighted by Crippen LogP contribution is 2.58. The zero-order chi connectivity index (χ0) is 31.3. The van der Waals surface area contributed by atoms with Crippen molar-refractivity contribution in [1.29, 1.82) is 0 Å². The zero-order valence-corrected chi connectivity index (χ0v) is 26.8. The lowest BCUT2D eigenvalue weighted by Gasteiger charge is -2.42. The summed E-state index contributed by atoms with van der Waals surface area (Å²) in [4.78, 5) is 13.2. The van der Waals surface area contributed by atoms with E-state index in [1.165, 1.54) is 53.4 Å². The molecule has 0 amide bonds. The van der Waals surface area contributed by atoms with E-state index in [4.69, 9.17) is 9.97 Å². The minimum absolute atomic E-state index is 0.234. The molecule has 4 heterocycles. The van der Waals surface area contributed by atoms with Gasteiger partial charge >= 0.3 is 0 Å². The Morgan fingerprint density at radius 1 is 0.574 bits per heavy atom. The van der Waals surface area contributed by atoms with E-state index >= 15 is 0 Å². The topological polar surface area (TPSA) is 29.0 Å². The summed E-state index contributed by atoms with van der Waals surface area (Å²) >= 11 is 1.89. The van der Waals surface area contributed by atoms with E-state index in [1.807, 2.05) is 17.4 Å². The Balaban J connectivity index is 1.33. The number of nitrogens with zero attached hydrogens (tertiary/aromatic N) is 3. The van der Waals surface area contributed by atoms with E-state index in [1.54, 1.807) is 0 Å². The van der Waals surface area contributed by atoms with E-state index in [9.17, 15) is 0 Å². The Morgan fingerprint density at radius 2 is 1.21 bits per heavy atom. The molecule has 0 bridgehead atoms. The second-order valence-corrected chi connectivity index (χ2v) is 14.0. The Morgan fingerprint density at radius 3 is 2.04 bits per heavy atom. The summed E-state index contributed by atoms with van der Waals surface area (Å²) in [5, 5.41) is 7.39. The standard InChI is InChI=1S/C43H29N3S/c1-43(2)32-17-9-10-18-34(32)46(41-38(43)30-15-7-6-14-29(30)37-31-16-8-11-19-35(31)47-42(37)41)36-25-23-28-21-20-27-22-24-33(26-12-4-3-5-13-26)44-39(27)40(28)45-36/h3-25H,1-2H3. The molecule has 0 atom stereocenters. The van der Waals surface area contributed by atoms with Gasteiger partial charge in [-0.25, -0.2) is 9.97 Å². The van der Waals surface area contributed by atoms with E-state index in [0.29, 0.717) is 0 Å². The quantitative estimate of drug-likeness (QED) is 0.180. The number of fused-ring (bicyclic) bond motifs is 12. The summed E-state index contributed by atoms with van der Waals surface area (Å²) < 4.78 is 2.60. The van der Waals surface area contributed by atoms with Crippen molar-refractivity contribution < 1.29 is 0 Å². The van der Waals surface area contributed by atoms with E-state index in [2.05, 4.69) is 152 Å². The minimum Gasteiger partial charge on any atom is -0.293 e. The van der Waals surface area contributed by atoms with Gasteiger partial charge in [-0.05, 0) is 52.2 Å². The molecule has 0 radical (unpaired) electrons. The lowest BCUT2D eigenvalue weighted by molar-refractivity contribution is 0.639. The van der Waals surface area contributed by atoms with Gasteiger partial charge in [-0.3, -0.25) is 4.90 Å². The predicted octanol–water partition coefficient (Wildman–Crippen LogP) is 12.1. The van der Waals surface area contributed by atoms with E-state index < -0.39 is 0 Å². The van der Waals surface area contributed by atoms with Gasteiger partial charge in [0.15, 0.2) is 0 Å². The molecule has 10 rings (SSSR count). The Labute approximate surface area is 276 Å². The van der Waals surface area contributed by atoms with Crippen LogP contribution in [0.3, 0.4) is 0 Å². The molecule has 222 valence electrons. The molecule has 0 unspecified atom stereocenters. The van der Waals surface area contributed by atoms with Gasteiger partial charge in [0.1, 0.15) is 5.82 Å². The van der Waals surface area contributed by atoms with Crippen molar-refractivity contribution in [1.82, 2.24) is 9.97 Å². The third-order valence-electron chi connectivity index (χ3n) is 9.98. The number of pyridine rings is 2. The number of thiophene rings is 1. The van der Waals surface area contributed by atoms with Gasteiger partial charge in [0, 0.05) is 37.2 Å². The predicted molar refractivity (Wildman–Crippen MR) is 200 cm³/mol. The average Bonchev–Trinajstić information content (AvgIpc) is 3.52. The largest absolute Gasteiger partial charge is 0.293 e. The molecule has 0 fully saturated rings. The number of hydrogen-bond acceptors (Lipinski definition) is 4. The van der Waals surface area contributed by atoms with Crippen LogP contribution in [0.5, 0.6) is 0 Å². The Kier molecular flexibility index (Phi) is 5.50. The van der Waals surface area contributed by atoms with Crippen LogP contribution in [0.1, 0.15) is 25.0 Å². The zero-order valence-electron chi connectivity index (χ0n) is 26.0. The van der Waals surface area contributed by atoms with Gasteiger partial charge in [0.2, 0.25) is 0 Å². The molecule has 9 aromatic rings. The van der Waals surface area contributed by atoms with Crippen LogP contribution < -0.4 is 4.90 Å². The molecule has 0 N–H and O–H groups in total. The van der Waals surface area contributed by atoms with Crippen LogP contribution >= 0.6 is 11.3 Å². The molecule has 0 aliphatic carbocycles. The lowest BCUT2D eigenvalue weighted by Crippen LogP contribution is -2.31. The van der Waals surface area contributed by atoms with Gasteiger partial charge in [0.25, 0.3) is 0 Å². The van der Waals surface area contributed by atoms with Gasteiger partial charge in [-0.2, -0.15) is 0 Å². The smallest absolute Gasteiger partial charge is 0.138 e. The van der Waals surface area contributed by atoms with Gasteiger partial charge in [0.05, 0.1) is 32.8 Å². The highest BCUT2D eigenvalue weighted by Gasteiger charge is 2.40. The molecule has 1 aliphatic rings. The van der Waals surface area contributed by atoms with Crippen LogP contribution in [0.4, 0.5) is 17.2 Å². The first kappa shape index (κ1) is 26.6. The third-order valence-corrected chi connectivity index (χ3v) is 11.2. The summed E-state index contributed by atoms with van der Waals surface area (Å²) in [6, 6.07) is 50.0. The number of aromatic nitrogens is 2. The van der Waals surface area contributed by atoms with Gasteiger partial charge in [-0.1, -0.05) is 123 Å². The van der Waals surface area contributed by atoms with Crippen molar-refractivity contribution >= 4 is 81.3 Å². The van der Waals surface area contributed by atoms with Crippen molar-refractivity contribution in [3.05, 3.63) is 151 Å². The van der Waals surface area contributed by atoms with Crippen molar-refractivity contribution in [2.45, 2.75) is 19.3 Å². The second kappa shape index (κ2) is 9.71. The highest BCUT2D eigenvalue weighted by molar-refractivity contribution is 7.26. The van der Waals surface area contributed by atoms with Gasteiger partial charge in [-0.15, -0.1) is 11.3 Å². The highest BCUT2D eigenvalue weighted by atomic mass is 32.1. The van der Waals surface area contributed by atoms with Crippen LogP contribution in [0.15, 0.2) is 140 Å². The van der Waals surface area contributed by atoms with Crippen LogP contribution in [0.2, 0.25) is 0 Å². The number of hydrogen-bond donors (Lipinski definition) is 0. The molecule has 0 saturated heterocycles. The summed E-state index contributed by atoms with van der Waals surface area (Å²) in [5.74, 6) is 0.898. The van der Waals surface area contributed by atoms with E-state index in [0.717, 1.165) is 38.9 Å². The number of anilines is 3. The van der Waals surface area contributed by atoms with Crippen LogP contribution in [-0.2, 0) is 5.41 Å². The summed E-state index contributed by atoms with van der Waals surface area (Å²) in [5.41, 5.74) is 8.68. The molecule has 3 aromatic heterocycles. The molecular weight excluding hydrogens is 591 g/mol. The molecule has 6 aromatic carbocycles. The first-order valence-electron chi connectivity index (χ1n) is 16.1. The van der Waals surface area contributed by atoms with Crippen molar-refractivity contribution in [3.63, 3.8) is 0 Å². The van der Waals surface area contributed by atoms with Crippen molar-refractivity contribution in [2.24, 2.45) is 0 Å². The van der Waals surface area contributed by atoms with Crippen LogP contribution in [-0.4, -0.2) is 9.97 Å². The molecule has 4 heteroatoms. The molecule has 3 nitrogen and oxygen atoms in total. The Hall–Kier alpha value is -5.58. The van der Waals surface area contributed by atoms with E-state index in [-0.39, 0.29) is 5.41 Å². The number of rotatable bonds is 2. The average molecular weight is 620 g/mol. The molecule has 47 heavy (non-hydrogen) atoms. The fourth-order valence-electron chi connectivity index (χ4n) is 7.83. The molecule has 1 aliphatic heterocycles. The second-order valence-electron chi connectivity index (χ2n) is 13.0. The van der Waals surface area contributed by atoms with Gasteiger partial charge < -0.3 is 0 Å². The maximum absolute atomic E-state index is 5.52. The first-order chi connectivity index (χ1) is 23.1. The summed E-state index contributed by atoms with van der Waals surface area (Å²) in [6.45, 7) is 4.76. The fraction of sp³-hybridized carbons (Fsp3) is 0.0698. The third kappa shape index (κ3) is 3.73. The number of benzene rings is 6. The molecule has 0 saturated carbocycles. The lowest BCUT2D eigenvalue weighted by atomic mass is 9.71. The maximum atomic E-state index is 5.52. The first-order valence-corrected chi connectivity index (χ1v) is 16.9. The fourth-order valence-corrected chi connectivity index (χ4v) is 9.09. The van der Waals surface area contributed by atoms with Crippen molar-refractivity contribution in [2.75, 3.05) is 4.90 Å². The Bertz CT molecular complexity index is 2720.